The first-order valence-electron chi connectivity index (χ1n) is 2.37. The molecule has 0 aromatic rings. The Morgan fingerprint density at radius 2 is 2.00 bits per heavy atom. The van der Waals surface area contributed by atoms with Crippen LogP contribution in [0.3, 0.4) is 0 Å². The van der Waals surface area contributed by atoms with E-state index in [9.17, 15) is 4.79 Å². The zero-order valence-electron chi connectivity index (χ0n) is 5.55. The summed E-state index contributed by atoms with van der Waals surface area (Å²) >= 11 is 0. The van der Waals surface area contributed by atoms with Gasteiger partial charge in [0.15, 0.2) is 0 Å². The lowest BCUT2D eigenvalue weighted by molar-refractivity contribution is -0.144. The first-order chi connectivity index (χ1) is 3.50. The molecule has 0 aromatic heterocycles. The number of rotatable bonds is 2. The molecule has 0 atom stereocenters. The first-order valence-corrected chi connectivity index (χ1v) is 2.37. The Hall–Kier alpha value is -0.500. The number of hydrogen-bond acceptors (Lipinski definition) is 1. The molecule has 0 heterocycles. The van der Waals surface area contributed by atoms with E-state index in [2.05, 4.69) is 6.58 Å². The predicted molar refractivity (Wildman–Crippen MR) is 38.9 cm³/mol. The molecule has 0 spiro atoms. The lowest BCUT2D eigenvalue weighted by Crippen LogP contribution is -2.19. The van der Waals surface area contributed by atoms with Crippen LogP contribution in [0.4, 0.5) is 0 Å². The van der Waals surface area contributed by atoms with Crippen LogP contribution in [-0.2, 0) is 4.79 Å². The topological polar surface area (TPSA) is 37.3 Å². The Balaban J connectivity index is 0. The van der Waals surface area contributed by atoms with E-state index in [0.29, 0.717) is 0 Å². The summed E-state index contributed by atoms with van der Waals surface area (Å²) in [5.74, 6) is -0.840. The third kappa shape index (κ3) is 3.14. The number of carboxylic acid groups (broad SMARTS) is 1. The highest BCUT2D eigenvalue weighted by Crippen LogP contribution is 2.14. The number of aliphatic carboxylic acids is 1. The maximum atomic E-state index is 10.2. The summed E-state index contributed by atoms with van der Waals surface area (Å²) in [6.07, 6.45) is 1.41. The van der Waals surface area contributed by atoms with Gasteiger partial charge in [0, 0.05) is 0 Å². The van der Waals surface area contributed by atoms with Crippen LogP contribution in [0.1, 0.15) is 13.8 Å². The maximum Gasteiger partial charge on any atom is 0.312 e. The zero-order valence-corrected chi connectivity index (χ0v) is 6.36. The van der Waals surface area contributed by atoms with Crippen LogP contribution in [0.15, 0.2) is 12.7 Å². The summed E-state index contributed by atoms with van der Waals surface area (Å²) in [5.41, 5.74) is -0.778. The fourth-order valence-corrected chi connectivity index (χ4v) is 0.0873. The largest absolute Gasteiger partial charge is 0.481 e. The van der Waals surface area contributed by atoms with Crippen molar-refractivity contribution in [1.29, 1.82) is 0 Å². The monoisotopic (exact) mass is 150 g/mol. The van der Waals surface area contributed by atoms with Gasteiger partial charge in [0.25, 0.3) is 0 Å². The highest BCUT2D eigenvalue weighted by Gasteiger charge is 2.21. The molecule has 3 heteroatoms. The number of hydrogen-bond donors (Lipinski definition) is 1. The van der Waals surface area contributed by atoms with E-state index < -0.39 is 11.4 Å². The molecule has 2 nitrogen and oxygen atoms in total. The van der Waals surface area contributed by atoms with Crippen molar-refractivity contribution in [2.45, 2.75) is 13.8 Å². The van der Waals surface area contributed by atoms with Crippen LogP contribution >= 0.6 is 12.4 Å². The van der Waals surface area contributed by atoms with Crippen LogP contribution in [0.2, 0.25) is 0 Å². The SMILES string of the molecule is C=CC(C)(C)C(=O)O.Cl. The minimum atomic E-state index is -0.840. The van der Waals surface area contributed by atoms with Crippen LogP contribution < -0.4 is 0 Å². The molecule has 0 saturated heterocycles. The number of carboxylic acids is 1. The summed E-state index contributed by atoms with van der Waals surface area (Å²) in [7, 11) is 0. The molecule has 0 bridgehead atoms. The second-order valence-electron chi connectivity index (χ2n) is 2.23. The molecule has 54 valence electrons. The van der Waals surface area contributed by atoms with Crippen LogP contribution in [0.5, 0.6) is 0 Å². The first kappa shape index (κ1) is 11.3. The van der Waals surface area contributed by atoms with Gasteiger partial charge >= 0.3 is 5.97 Å². The van der Waals surface area contributed by atoms with Gasteiger partial charge in [0.05, 0.1) is 5.41 Å². The van der Waals surface area contributed by atoms with Gasteiger partial charge in [-0.3, -0.25) is 4.79 Å². The molecular formula is C6H11ClO2. The average Bonchev–Trinajstić information content (AvgIpc) is 1.67. The molecule has 9 heavy (non-hydrogen) atoms. The smallest absolute Gasteiger partial charge is 0.312 e. The quantitative estimate of drug-likeness (QED) is 0.609. The Kier molecular flexibility index (Phi) is 4.41. The lowest BCUT2D eigenvalue weighted by atomic mass is 9.95. The number of halogens is 1. The maximum absolute atomic E-state index is 10.2. The van der Waals surface area contributed by atoms with Crippen molar-refractivity contribution in [3.8, 4) is 0 Å². The highest BCUT2D eigenvalue weighted by atomic mass is 35.5. The van der Waals surface area contributed by atoms with Crippen molar-refractivity contribution in [1.82, 2.24) is 0 Å². The molecule has 0 aliphatic heterocycles. The molecule has 0 amide bonds. The van der Waals surface area contributed by atoms with E-state index in [1.807, 2.05) is 0 Å². The average molecular weight is 151 g/mol. The summed E-state index contributed by atoms with van der Waals surface area (Å²) in [6, 6.07) is 0. The molecule has 0 radical (unpaired) electrons. The van der Waals surface area contributed by atoms with Gasteiger partial charge in [0.1, 0.15) is 0 Å². The summed E-state index contributed by atoms with van der Waals surface area (Å²) in [4.78, 5) is 10.2. The van der Waals surface area contributed by atoms with Gasteiger partial charge in [-0.05, 0) is 13.8 Å². The number of carbonyl (C=O) groups is 1. The van der Waals surface area contributed by atoms with E-state index in [4.69, 9.17) is 5.11 Å². The van der Waals surface area contributed by atoms with Crippen molar-refractivity contribution < 1.29 is 9.90 Å². The third-order valence-electron chi connectivity index (χ3n) is 1.06. The van der Waals surface area contributed by atoms with Crippen LogP contribution in [0, 0.1) is 5.41 Å². The molecule has 0 rings (SSSR count). The van der Waals surface area contributed by atoms with E-state index >= 15 is 0 Å². The standard InChI is InChI=1S/C6H10O2.ClH/c1-4-6(2,3)5(7)8;/h4H,1H2,2-3H3,(H,7,8);1H. The Bertz CT molecular complexity index is 118. The van der Waals surface area contributed by atoms with Gasteiger partial charge < -0.3 is 5.11 Å². The molecule has 1 N–H and O–H groups in total. The molecule has 0 unspecified atom stereocenters. The van der Waals surface area contributed by atoms with Crippen molar-refractivity contribution in [2.75, 3.05) is 0 Å². The second kappa shape index (κ2) is 3.51. The van der Waals surface area contributed by atoms with Crippen molar-refractivity contribution in [3.63, 3.8) is 0 Å². The van der Waals surface area contributed by atoms with E-state index in [0.717, 1.165) is 0 Å². The fraction of sp³-hybridized carbons (Fsp3) is 0.500. The van der Waals surface area contributed by atoms with Gasteiger partial charge in [-0.1, -0.05) is 6.08 Å². The van der Waals surface area contributed by atoms with Gasteiger partial charge in [-0.2, -0.15) is 0 Å². The Morgan fingerprint density at radius 1 is 1.67 bits per heavy atom. The molecule has 0 aromatic carbocycles. The molecular weight excluding hydrogens is 140 g/mol. The Labute approximate surface area is 61.0 Å². The molecule has 0 aliphatic rings. The summed E-state index contributed by atoms with van der Waals surface area (Å²) < 4.78 is 0. The third-order valence-corrected chi connectivity index (χ3v) is 1.06. The molecule has 0 aliphatic carbocycles. The highest BCUT2D eigenvalue weighted by molar-refractivity contribution is 5.85. The second-order valence-corrected chi connectivity index (χ2v) is 2.23. The van der Waals surface area contributed by atoms with Gasteiger partial charge in [-0.15, -0.1) is 19.0 Å². The molecule has 0 saturated carbocycles. The minimum absolute atomic E-state index is 0. The van der Waals surface area contributed by atoms with Crippen LogP contribution in [-0.4, -0.2) is 11.1 Å². The van der Waals surface area contributed by atoms with E-state index in [1.165, 1.54) is 6.08 Å². The summed E-state index contributed by atoms with van der Waals surface area (Å²) in [5, 5.41) is 8.37. The van der Waals surface area contributed by atoms with Crippen molar-refractivity contribution in [3.05, 3.63) is 12.7 Å². The lowest BCUT2D eigenvalue weighted by Gasteiger charge is -2.10. The van der Waals surface area contributed by atoms with Gasteiger partial charge in [-0.25, -0.2) is 0 Å². The molecule has 0 fully saturated rings. The van der Waals surface area contributed by atoms with E-state index in [1.54, 1.807) is 13.8 Å². The Morgan fingerprint density at radius 3 is 2.00 bits per heavy atom. The predicted octanol–water partition coefficient (Wildman–Crippen LogP) is 1.71. The van der Waals surface area contributed by atoms with Crippen LogP contribution in [0.25, 0.3) is 0 Å². The zero-order chi connectivity index (χ0) is 6.78. The minimum Gasteiger partial charge on any atom is -0.481 e. The van der Waals surface area contributed by atoms with E-state index in [-0.39, 0.29) is 12.4 Å². The normalized spacial score (nSPS) is 9.56. The summed E-state index contributed by atoms with van der Waals surface area (Å²) in [6.45, 7) is 6.57. The van der Waals surface area contributed by atoms with Gasteiger partial charge in [0.2, 0.25) is 0 Å². The van der Waals surface area contributed by atoms with Crippen molar-refractivity contribution >= 4 is 18.4 Å². The fourth-order valence-electron chi connectivity index (χ4n) is 0.0873. The van der Waals surface area contributed by atoms with Crippen molar-refractivity contribution in [2.24, 2.45) is 5.41 Å².